The van der Waals surface area contributed by atoms with Crippen LogP contribution in [0, 0.1) is 6.92 Å². The van der Waals surface area contributed by atoms with Gasteiger partial charge < -0.3 is 4.90 Å². The minimum Gasteiger partial charge on any atom is -0.358 e. The van der Waals surface area contributed by atoms with Crippen LogP contribution in [0.25, 0.3) is 0 Å². The molecule has 0 aliphatic rings. The topological polar surface area (TPSA) is 3.24 Å². The summed E-state index contributed by atoms with van der Waals surface area (Å²) in [4.78, 5) is 2.38. The molecule has 0 unspecified atom stereocenters. The van der Waals surface area contributed by atoms with E-state index in [-0.39, 0.29) is 0 Å². The number of alkyl halides is 1. The molecule has 88 valence electrons. The molecule has 2 aromatic carbocycles. The fourth-order valence-corrected chi connectivity index (χ4v) is 2.47. The maximum absolute atomic E-state index is 2.42. The Morgan fingerprint density at radius 3 is 2.41 bits per heavy atom. The Morgan fingerprint density at radius 2 is 1.76 bits per heavy atom. The van der Waals surface area contributed by atoms with Gasteiger partial charge in [0.05, 0.1) is 4.55 Å². The lowest BCUT2D eigenvalue weighted by Gasteiger charge is -2.22. The van der Waals surface area contributed by atoms with Crippen molar-refractivity contribution in [2.45, 2.75) is 13.5 Å². The van der Waals surface area contributed by atoms with Gasteiger partial charge in [0.15, 0.2) is 0 Å². The lowest BCUT2D eigenvalue weighted by Crippen LogP contribution is -2.20. The Morgan fingerprint density at radius 1 is 1.00 bits per heavy atom. The third-order valence-electron chi connectivity index (χ3n) is 2.73. The van der Waals surface area contributed by atoms with E-state index in [9.17, 15) is 0 Å². The SMILES string of the molecule is Cc1cccc(N(CI)Cc2ccccc2)c1. The van der Waals surface area contributed by atoms with Crippen molar-refractivity contribution in [3.63, 3.8) is 0 Å². The highest BCUT2D eigenvalue weighted by Gasteiger charge is 2.05. The summed E-state index contributed by atoms with van der Waals surface area (Å²) >= 11 is 2.42. The van der Waals surface area contributed by atoms with Crippen molar-refractivity contribution in [1.82, 2.24) is 0 Å². The van der Waals surface area contributed by atoms with Gasteiger partial charge >= 0.3 is 0 Å². The van der Waals surface area contributed by atoms with E-state index in [4.69, 9.17) is 0 Å². The molecule has 0 spiro atoms. The van der Waals surface area contributed by atoms with Gasteiger partial charge in [-0.05, 0) is 30.2 Å². The summed E-state index contributed by atoms with van der Waals surface area (Å²) < 4.78 is 0.996. The maximum Gasteiger partial charge on any atom is 0.0703 e. The second-order valence-corrected chi connectivity index (χ2v) is 4.82. The number of benzene rings is 2. The summed E-state index contributed by atoms with van der Waals surface area (Å²) in [7, 11) is 0. The van der Waals surface area contributed by atoms with E-state index >= 15 is 0 Å². The molecule has 0 atom stereocenters. The molecule has 2 aromatic rings. The standard InChI is InChI=1S/C15H16IN/c1-13-6-5-9-15(10-13)17(12-16)11-14-7-3-2-4-8-14/h2-10H,11-12H2,1H3. The first-order valence-corrected chi connectivity index (χ1v) is 7.23. The quantitative estimate of drug-likeness (QED) is 0.454. The van der Waals surface area contributed by atoms with Crippen LogP contribution in [-0.2, 0) is 6.54 Å². The van der Waals surface area contributed by atoms with Gasteiger partial charge in [0.2, 0.25) is 0 Å². The predicted molar refractivity (Wildman–Crippen MR) is 82.7 cm³/mol. The van der Waals surface area contributed by atoms with Gasteiger partial charge in [-0.2, -0.15) is 0 Å². The van der Waals surface area contributed by atoms with Gasteiger partial charge in [-0.15, -0.1) is 0 Å². The largest absolute Gasteiger partial charge is 0.358 e. The third kappa shape index (κ3) is 3.46. The fraction of sp³-hybridized carbons (Fsp3) is 0.200. The smallest absolute Gasteiger partial charge is 0.0703 e. The first-order valence-electron chi connectivity index (χ1n) is 5.71. The fourth-order valence-electron chi connectivity index (χ4n) is 1.83. The highest BCUT2D eigenvalue weighted by Crippen LogP contribution is 2.19. The normalized spacial score (nSPS) is 10.2. The zero-order valence-electron chi connectivity index (χ0n) is 9.94. The number of anilines is 1. The van der Waals surface area contributed by atoms with Crippen molar-refractivity contribution in [2.75, 3.05) is 9.45 Å². The van der Waals surface area contributed by atoms with E-state index in [1.54, 1.807) is 0 Å². The van der Waals surface area contributed by atoms with Crippen molar-refractivity contribution >= 4 is 28.3 Å². The van der Waals surface area contributed by atoms with Crippen molar-refractivity contribution in [3.8, 4) is 0 Å². The van der Waals surface area contributed by atoms with Crippen LogP contribution in [0.5, 0.6) is 0 Å². The van der Waals surface area contributed by atoms with Crippen molar-refractivity contribution in [3.05, 3.63) is 65.7 Å². The molecule has 0 aliphatic heterocycles. The first kappa shape index (κ1) is 12.4. The van der Waals surface area contributed by atoms with Gasteiger partial charge in [0.1, 0.15) is 0 Å². The molecule has 2 rings (SSSR count). The zero-order chi connectivity index (χ0) is 12.1. The molecular formula is C15H16IN. The number of hydrogen-bond donors (Lipinski definition) is 0. The van der Waals surface area contributed by atoms with Crippen molar-refractivity contribution < 1.29 is 0 Å². The van der Waals surface area contributed by atoms with E-state index < -0.39 is 0 Å². The van der Waals surface area contributed by atoms with E-state index in [0.29, 0.717) is 0 Å². The third-order valence-corrected chi connectivity index (χ3v) is 3.55. The summed E-state index contributed by atoms with van der Waals surface area (Å²) in [6, 6.07) is 19.3. The first-order chi connectivity index (χ1) is 8.29. The van der Waals surface area contributed by atoms with Crippen LogP contribution in [0.2, 0.25) is 0 Å². The van der Waals surface area contributed by atoms with Crippen LogP contribution in [0.3, 0.4) is 0 Å². The molecular weight excluding hydrogens is 321 g/mol. The number of aryl methyl sites for hydroxylation is 1. The Hall–Kier alpha value is -1.03. The van der Waals surface area contributed by atoms with Gasteiger partial charge in [0.25, 0.3) is 0 Å². The monoisotopic (exact) mass is 337 g/mol. The molecule has 0 N–H and O–H groups in total. The van der Waals surface area contributed by atoms with Crippen LogP contribution in [0.4, 0.5) is 5.69 Å². The molecule has 0 heterocycles. The highest BCUT2D eigenvalue weighted by molar-refractivity contribution is 14.1. The van der Waals surface area contributed by atoms with Gasteiger partial charge in [-0.1, -0.05) is 65.1 Å². The average molecular weight is 337 g/mol. The zero-order valence-corrected chi connectivity index (χ0v) is 12.1. The number of halogens is 1. The highest BCUT2D eigenvalue weighted by atomic mass is 127. The molecule has 0 saturated heterocycles. The Kier molecular flexibility index (Phi) is 4.42. The van der Waals surface area contributed by atoms with E-state index in [1.807, 2.05) is 0 Å². The van der Waals surface area contributed by atoms with Gasteiger partial charge in [-0.3, -0.25) is 0 Å². The Labute approximate surface area is 117 Å². The second kappa shape index (κ2) is 6.05. The minimum atomic E-state index is 0.966. The molecule has 17 heavy (non-hydrogen) atoms. The maximum atomic E-state index is 2.42. The molecule has 0 fully saturated rings. The van der Waals surface area contributed by atoms with E-state index in [2.05, 4.69) is 89.0 Å². The Balaban J connectivity index is 2.17. The van der Waals surface area contributed by atoms with Gasteiger partial charge in [-0.25, -0.2) is 0 Å². The summed E-state index contributed by atoms with van der Waals surface area (Å²) in [5, 5.41) is 0. The van der Waals surface area contributed by atoms with Crippen LogP contribution < -0.4 is 4.90 Å². The number of nitrogens with zero attached hydrogens (tertiary/aromatic N) is 1. The molecule has 0 radical (unpaired) electrons. The van der Waals surface area contributed by atoms with Crippen molar-refractivity contribution in [1.29, 1.82) is 0 Å². The molecule has 0 aliphatic carbocycles. The molecule has 0 amide bonds. The summed E-state index contributed by atoms with van der Waals surface area (Å²) in [5.41, 5.74) is 3.96. The molecule has 2 heteroatoms. The van der Waals surface area contributed by atoms with Gasteiger partial charge in [0, 0.05) is 12.2 Å². The average Bonchev–Trinajstić information content (AvgIpc) is 2.37. The Bertz CT molecular complexity index is 467. The summed E-state index contributed by atoms with van der Waals surface area (Å²) in [5.74, 6) is 0. The lowest BCUT2D eigenvalue weighted by atomic mass is 10.2. The van der Waals surface area contributed by atoms with Crippen molar-refractivity contribution in [2.24, 2.45) is 0 Å². The summed E-state index contributed by atoms with van der Waals surface area (Å²) in [6.07, 6.45) is 0. The molecule has 0 bridgehead atoms. The molecule has 1 nitrogen and oxygen atoms in total. The predicted octanol–water partition coefficient (Wildman–Crippen LogP) is 4.39. The number of rotatable bonds is 4. The van der Waals surface area contributed by atoms with Crippen LogP contribution in [0.15, 0.2) is 54.6 Å². The number of hydrogen-bond acceptors (Lipinski definition) is 1. The summed E-state index contributed by atoms with van der Waals surface area (Å²) in [6.45, 7) is 3.10. The van der Waals surface area contributed by atoms with Crippen LogP contribution >= 0.6 is 22.6 Å². The second-order valence-electron chi connectivity index (χ2n) is 4.14. The van der Waals surface area contributed by atoms with E-state index in [1.165, 1.54) is 16.8 Å². The van der Waals surface area contributed by atoms with E-state index in [0.717, 1.165) is 11.1 Å². The van der Waals surface area contributed by atoms with Crippen LogP contribution in [-0.4, -0.2) is 4.55 Å². The molecule has 0 aromatic heterocycles. The molecule has 0 saturated carbocycles. The van der Waals surface area contributed by atoms with Crippen LogP contribution in [0.1, 0.15) is 11.1 Å². The minimum absolute atomic E-state index is 0.966. The lowest BCUT2D eigenvalue weighted by molar-refractivity contribution is 0.913.